The second-order valence-corrected chi connectivity index (χ2v) is 5.61. The summed E-state index contributed by atoms with van der Waals surface area (Å²) in [6, 6.07) is 2.73. The van der Waals surface area contributed by atoms with E-state index in [0.717, 1.165) is 12.3 Å². The minimum Gasteiger partial charge on any atom is -0.481 e. The van der Waals surface area contributed by atoms with Crippen molar-refractivity contribution in [3.05, 3.63) is 35.3 Å². The molecule has 2 aromatic rings. The van der Waals surface area contributed by atoms with Crippen LogP contribution in [0.25, 0.3) is 10.9 Å². The number of carboxylic acid groups (broad SMARTS) is 1. The first kappa shape index (κ1) is 16.1. The van der Waals surface area contributed by atoms with Crippen LogP contribution in [0.2, 0.25) is 0 Å². The number of piperidine rings is 1. The number of benzene rings is 1. The molecule has 1 aliphatic heterocycles. The number of pyridine rings is 1. The Morgan fingerprint density at radius 1 is 1.29 bits per heavy atom. The largest absolute Gasteiger partial charge is 0.481 e. The number of carboxylic acids is 1. The first-order valence-electron chi connectivity index (χ1n) is 7.28. The van der Waals surface area contributed by atoms with Crippen molar-refractivity contribution in [3.63, 3.8) is 0 Å². The lowest BCUT2D eigenvalue weighted by Crippen LogP contribution is -2.36. The number of carbonyl (C=O) groups is 1. The van der Waals surface area contributed by atoms with E-state index in [1.54, 1.807) is 4.90 Å². The summed E-state index contributed by atoms with van der Waals surface area (Å²) in [5.41, 5.74) is -0.00548. The Hall–Kier alpha value is -2.82. The molecule has 8 heteroatoms. The van der Waals surface area contributed by atoms with Crippen molar-refractivity contribution in [2.45, 2.75) is 12.8 Å². The molecule has 1 aliphatic rings. The number of aromatic nitrogens is 1. The van der Waals surface area contributed by atoms with Crippen molar-refractivity contribution >= 4 is 22.6 Å². The van der Waals surface area contributed by atoms with E-state index in [1.807, 2.05) is 6.07 Å². The zero-order valence-electron chi connectivity index (χ0n) is 12.4. The zero-order chi connectivity index (χ0) is 17.4. The van der Waals surface area contributed by atoms with Gasteiger partial charge in [0, 0.05) is 24.7 Å². The number of anilines is 1. The second-order valence-electron chi connectivity index (χ2n) is 5.61. The lowest BCUT2D eigenvalue weighted by Gasteiger charge is -2.33. The molecule has 1 saturated heterocycles. The number of aliphatic carboxylic acids is 1. The van der Waals surface area contributed by atoms with Crippen molar-refractivity contribution in [2.75, 3.05) is 18.0 Å². The molecule has 0 bridgehead atoms. The first-order valence-corrected chi connectivity index (χ1v) is 7.28. The topological polar surface area (TPSA) is 77.2 Å². The van der Waals surface area contributed by atoms with Crippen LogP contribution >= 0.6 is 0 Å². The standard InChI is InChI=1S/C16H12F3N3O2/c17-11-5-10-14(13(19)12(11)18)21-7-9(6-20)15(10)22-3-1-8(2-4-22)16(23)24/h5,7-8H,1-4H2,(H,23,24). The smallest absolute Gasteiger partial charge is 0.306 e. The number of nitrogens with zero attached hydrogens (tertiary/aromatic N) is 3. The van der Waals surface area contributed by atoms with Gasteiger partial charge in [0.15, 0.2) is 17.5 Å². The van der Waals surface area contributed by atoms with Gasteiger partial charge in [-0.1, -0.05) is 0 Å². The van der Waals surface area contributed by atoms with Gasteiger partial charge >= 0.3 is 5.97 Å². The van der Waals surface area contributed by atoms with Gasteiger partial charge in [0.05, 0.1) is 17.2 Å². The van der Waals surface area contributed by atoms with Crippen LogP contribution < -0.4 is 4.90 Å². The van der Waals surface area contributed by atoms with Crippen LogP contribution in [0.15, 0.2) is 12.3 Å². The molecule has 5 nitrogen and oxygen atoms in total. The van der Waals surface area contributed by atoms with Crippen molar-refractivity contribution in [1.82, 2.24) is 4.98 Å². The second kappa shape index (κ2) is 6.00. The van der Waals surface area contributed by atoms with E-state index >= 15 is 0 Å². The molecule has 24 heavy (non-hydrogen) atoms. The summed E-state index contributed by atoms with van der Waals surface area (Å²) < 4.78 is 41.0. The highest BCUT2D eigenvalue weighted by Crippen LogP contribution is 2.34. The maximum absolute atomic E-state index is 14.0. The third-order valence-corrected chi connectivity index (χ3v) is 4.25. The predicted molar refractivity (Wildman–Crippen MR) is 78.9 cm³/mol. The van der Waals surface area contributed by atoms with Gasteiger partial charge in [0.2, 0.25) is 0 Å². The van der Waals surface area contributed by atoms with Crippen LogP contribution in [-0.4, -0.2) is 29.1 Å². The molecule has 2 heterocycles. The number of fused-ring (bicyclic) bond motifs is 1. The first-order chi connectivity index (χ1) is 11.4. The summed E-state index contributed by atoms with van der Waals surface area (Å²) in [6.45, 7) is 0.622. The number of hydrogen-bond donors (Lipinski definition) is 1. The molecule has 0 spiro atoms. The molecule has 0 aliphatic carbocycles. The number of hydrogen-bond acceptors (Lipinski definition) is 4. The van der Waals surface area contributed by atoms with Crippen molar-refractivity contribution in [3.8, 4) is 6.07 Å². The summed E-state index contributed by atoms with van der Waals surface area (Å²) in [5, 5.41) is 18.3. The average molecular weight is 335 g/mol. The van der Waals surface area contributed by atoms with E-state index in [0.29, 0.717) is 25.9 Å². The van der Waals surface area contributed by atoms with Gasteiger partial charge in [-0.05, 0) is 18.9 Å². The van der Waals surface area contributed by atoms with Crippen LogP contribution in [0.5, 0.6) is 0 Å². The summed E-state index contributed by atoms with van der Waals surface area (Å²) >= 11 is 0. The Labute approximate surface area is 134 Å². The Kier molecular flexibility index (Phi) is 4.01. The maximum atomic E-state index is 14.0. The monoisotopic (exact) mass is 335 g/mol. The molecule has 1 fully saturated rings. The molecular formula is C16H12F3N3O2. The summed E-state index contributed by atoms with van der Waals surface area (Å²) in [7, 11) is 0. The fraction of sp³-hybridized carbons (Fsp3) is 0.312. The molecule has 1 N–H and O–H groups in total. The van der Waals surface area contributed by atoms with Crippen LogP contribution in [0.4, 0.5) is 18.9 Å². The van der Waals surface area contributed by atoms with E-state index in [9.17, 15) is 23.2 Å². The molecule has 3 rings (SSSR count). The third-order valence-electron chi connectivity index (χ3n) is 4.25. The highest BCUT2D eigenvalue weighted by atomic mass is 19.2. The lowest BCUT2D eigenvalue weighted by molar-refractivity contribution is -0.142. The lowest BCUT2D eigenvalue weighted by atomic mass is 9.95. The average Bonchev–Trinajstić information content (AvgIpc) is 2.59. The summed E-state index contributed by atoms with van der Waals surface area (Å²) in [5.74, 6) is -5.77. The van der Waals surface area contributed by atoms with Gasteiger partial charge < -0.3 is 10.0 Å². The molecule has 1 aromatic carbocycles. The molecule has 0 radical (unpaired) electrons. The quantitative estimate of drug-likeness (QED) is 0.854. The van der Waals surface area contributed by atoms with Crippen LogP contribution in [0.1, 0.15) is 18.4 Å². The normalized spacial score (nSPS) is 15.5. The molecule has 124 valence electrons. The molecule has 0 amide bonds. The van der Waals surface area contributed by atoms with Crippen LogP contribution in [-0.2, 0) is 4.79 Å². The van der Waals surface area contributed by atoms with E-state index in [-0.39, 0.29) is 22.2 Å². The van der Waals surface area contributed by atoms with Crippen molar-refractivity contribution in [1.29, 1.82) is 5.26 Å². The van der Waals surface area contributed by atoms with Gasteiger partial charge in [-0.15, -0.1) is 0 Å². The fourth-order valence-corrected chi connectivity index (χ4v) is 3.00. The minimum atomic E-state index is -1.62. The van der Waals surface area contributed by atoms with Gasteiger partial charge in [-0.25, -0.2) is 13.2 Å². The van der Waals surface area contributed by atoms with Crippen molar-refractivity contribution in [2.24, 2.45) is 5.92 Å². The zero-order valence-corrected chi connectivity index (χ0v) is 12.4. The van der Waals surface area contributed by atoms with E-state index < -0.39 is 29.3 Å². The van der Waals surface area contributed by atoms with Crippen LogP contribution in [0.3, 0.4) is 0 Å². The SMILES string of the molecule is N#Cc1cnc2c(F)c(F)c(F)cc2c1N1CCC(C(=O)O)CC1. The van der Waals surface area contributed by atoms with Gasteiger partial charge in [0.25, 0.3) is 0 Å². The van der Waals surface area contributed by atoms with Gasteiger partial charge in [-0.3, -0.25) is 9.78 Å². The maximum Gasteiger partial charge on any atom is 0.306 e. The fourth-order valence-electron chi connectivity index (χ4n) is 3.00. The van der Waals surface area contributed by atoms with Gasteiger partial charge in [-0.2, -0.15) is 5.26 Å². The van der Waals surface area contributed by atoms with Gasteiger partial charge in [0.1, 0.15) is 11.6 Å². The molecule has 0 saturated carbocycles. The third kappa shape index (κ3) is 2.52. The molecule has 0 unspecified atom stereocenters. The molecule has 0 atom stereocenters. The highest BCUT2D eigenvalue weighted by Gasteiger charge is 2.28. The van der Waals surface area contributed by atoms with Crippen LogP contribution in [0, 0.1) is 34.7 Å². The number of nitriles is 1. The van der Waals surface area contributed by atoms with E-state index in [2.05, 4.69) is 4.98 Å². The summed E-state index contributed by atoms with van der Waals surface area (Å²) in [4.78, 5) is 16.5. The highest BCUT2D eigenvalue weighted by molar-refractivity contribution is 5.95. The van der Waals surface area contributed by atoms with E-state index in [4.69, 9.17) is 5.11 Å². The summed E-state index contributed by atoms with van der Waals surface area (Å²) in [6.07, 6.45) is 1.80. The van der Waals surface area contributed by atoms with Crippen molar-refractivity contribution < 1.29 is 23.1 Å². The molecular weight excluding hydrogens is 323 g/mol. The Bertz CT molecular complexity index is 871. The van der Waals surface area contributed by atoms with E-state index in [1.165, 1.54) is 0 Å². The molecule has 1 aromatic heterocycles. The Balaban J connectivity index is 2.13. The predicted octanol–water partition coefficient (Wildman–Crippen LogP) is 2.82. The minimum absolute atomic E-state index is 0.000718. The number of rotatable bonds is 2. The number of halogens is 3. The Morgan fingerprint density at radius 2 is 1.96 bits per heavy atom. The Morgan fingerprint density at radius 3 is 2.54 bits per heavy atom.